The average Bonchev–Trinajstić information content (AvgIpc) is 2.90. The summed E-state index contributed by atoms with van der Waals surface area (Å²) in [5.74, 6) is 1.02. The highest BCUT2D eigenvalue weighted by atomic mass is 16.5. The van der Waals surface area contributed by atoms with E-state index in [1.807, 2.05) is 19.2 Å². The van der Waals surface area contributed by atoms with E-state index in [0.717, 1.165) is 45.0 Å². The minimum absolute atomic E-state index is 0.260. The van der Waals surface area contributed by atoms with E-state index in [2.05, 4.69) is 17.3 Å². The van der Waals surface area contributed by atoms with Crippen LogP contribution in [0.2, 0.25) is 0 Å². The monoisotopic (exact) mass is 238 g/mol. The normalized spacial score (nSPS) is 24.6. The summed E-state index contributed by atoms with van der Waals surface area (Å²) in [6.07, 6.45) is 2.86. The van der Waals surface area contributed by atoms with Gasteiger partial charge < -0.3 is 14.5 Å². The van der Waals surface area contributed by atoms with Crippen molar-refractivity contribution >= 4 is 0 Å². The van der Waals surface area contributed by atoms with Gasteiger partial charge in [-0.15, -0.1) is 0 Å². The fourth-order valence-electron chi connectivity index (χ4n) is 2.64. The maximum Gasteiger partial charge on any atom is 0.117 e. The van der Waals surface area contributed by atoms with Crippen molar-refractivity contribution < 1.29 is 9.15 Å². The van der Waals surface area contributed by atoms with Crippen molar-refractivity contribution in [1.82, 2.24) is 10.2 Å². The maximum atomic E-state index is 5.56. The molecule has 17 heavy (non-hydrogen) atoms. The van der Waals surface area contributed by atoms with Gasteiger partial charge in [0, 0.05) is 25.1 Å². The molecule has 1 aliphatic rings. The van der Waals surface area contributed by atoms with Crippen LogP contribution < -0.4 is 5.32 Å². The van der Waals surface area contributed by atoms with Gasteiger partial charge in [-0.05, 0) is 32.6 Å². The van der Waals surface area contributed by atoms with E-state index in [9.17, 15) is 0 Å². The zero-order valence-corrected chi connectivity index (χ0v) is 10.7. The Morgan fingerprint density at radius 1 is 1.53 bits per heavy atom. The first-order chi connectivity index (χ1) is 8.24. The van der Waals surface area contributed by atoms with Crippen LogP contribution in [-0.4, -0.2) is 45.3 Å². The smallest absolute Gasteiger partial charge is 0.117 e. The summed E-state index contributed by atoms with van der Waals surface area (Å²) in [5, 5.41) is 3.28. The molecule has 0 spiro atoms. The zero-order chi connectivity index (χ0) is 12.1. The van der Waals surface area contributed by atoms with Crippen LogP contribution in [0.5, 0.6) is 0 Å². The van der Waals surface area contributed by atoms with Crippen LogP contribution in [0.25, 0.3) is 0 Å². The highest BCUT2D eigenvalue weighted by molar-refractivity contribution is 4.98. The molecule has 2 heterocycles. The Hall–Kier alpha value is -0.840. The van der Waals surface area contributed by atoms with E-state index in [1.54, 1.807) is 6.26 Å². The SMILES string of the molecule is CNCC1(CN(C)Cc2ccco2)CCOC1. The van der Waals surface area contributed by atoms with Crippen LogP contribution in [0.4, 0.5) is 0 Å². The first-order valence-electron chi connectivity index (χ1n) is 6.17. The molecule has 0 saturated carbocycles. The molecule has 0 aromatic carbocycles. The molecule has 0 amide bonds. The molecule has 2 rings (SSSR count). The predicted molar refractivity (Wildman–Crippen MR) is 66.8 cm³/mol. The molecule has 1 aromatic heterocycles. The minimum Gasteiger partial charge on any atom is -0.468 e. The van der Waals surface area contributed by atoms with Crippen LogP contribution >= 0.6 is 0 Å². The fourth-order valence-corrected chi connectivity index (χ4v) is 2.64. The quantitative estimate of drug-likeness (QED) is 0.811. The number of hydrogen-bond donors (Lipinski definition) is 1. The molecule has 96 valence electrons. The van der Waals surface area contributed by atoms with Gasteiger partial charge in [0.2, 0.25) is 0 Å². The number of furan rings is 1. The predicted octanol–water partition coefficient (Wildman–Crippen LogP) is 1.34. The van der Waals surface area contributed by atoms with E-state index in [1.165, 1.54) is 0 Å². The number of hydrogen-bond acceptors (Lipinski definition) is 4. The summed E-state index contributed by atoms with van der Waals surface area (Å²) in [6, 6.07) is 3.96. The van der Waals surface area contributed by atoms with Gasteiger partial charge >= 0.3 is 0 Å². The van der Waals surface area contributed by atoms with Gasteiger partial charge in [0.25, 0.3) is 0 Å². The Labute approximate surface area is 103 Å². The molecule has 0 bridgehead atoms. The molecule has 1 fully saturated rings. The summed E-state index contributed by atoms with van der Waals surface area (Å²) >= 11 is 0. The van der Waals surface area contributed by atoms with Gasteiger partial charge in [-0.2, -0.15) is 0 Å². The number of nitrogens with one attached hydrogen (secondary N) is 1. The molecule has 4 nitrogen and oxygen atoms in total. The summed E-state index contributed by atoms with van der Waals surface area (Å²) in [4.78, 5) is 2.31. The second-order valence-electron chi connectivity index (χ2n) is 5.08. The Balaban J connectivity index is 1.89. The highest BCUT2D eigenvalue weighted by Crippen LogP contribution is 2.29. The minimum atomic E-state index is 0.260. The standard InChI is InChI=1S/C13H22N2O2/c1-14-9-13(5-7-16-11-13)10-15(2)8-12-4-3-6-17-12/h3-4,6,14H,5,7-11H2,1-2H3. The lowest BCUT2D eigenvalue weighted by Crippen LogP contribution is -2.42. The van der Waals surface area contributed by atoms with E-state index < -0.39 is 0 Å². The summed E-state index contributed by atoms with van der Waals surface area (Å²) in [6.45, 7) is 4.65. The largest absolute Gasteiger partial charge is 0.468 e. The van der Waals surface area contributed by atoms with Gasteiger partial charge in [0.15, 0.2) is 0 Å². The highest BCUT2D eigenvalue weighted by Gasteiger charge is 2.35. The lowest BCUT2D eigenvalue weighted by molar-refractivity contribution is 0.115. The maximum absolute atomic E-state index is 5.56. The van der Waals surface area contributed by atoms with Gasteiger partial charge in [0.05, 0.1) is 19.4 Å². The van der Waals surface area contributed by atoms with Crippen molar-refractivity contribution in [3.05, 3.63) is 24.2 Å². The van der Waals surface area contributed by atoms with Crippen LogP contribution in [-0.2, 0) is 11.3 Å². The third-order valence-electron chi connectivity index (χ3n) is 3.35. The summed E-state index contributed by atoms with van der Waals surface area (Å²) in [5.41, 5.74) is 0.260. The second kappa shape index (κ2) is 5.67. The first-order valence-corrected chi connectivity index (χ1v) is 6.17. The van der Waals surface area contributed by atoms with Crippen LogP contribution in [0.3, 0.4) is 0 Å². The first kappa shape index (κ1) is 12.6. The molecule has 1 unspecified atom stereocenters. The van der Waals surface area contributed by atoms with Crippen LogP contribution in [0.15, 0.2) is 22.8 Å². The third-order valence-corrected chi connectivity index (χ3v) is 3.35. The molecule has 1 N–H and O–H groups in total. The lowest BCUT2D eigenvalue weighted by atomic mass is 9.86. The number of ether oxygens (including phenoxy) is 1. The molecule has 4 heteroatoms. The molecule has 1 saturated heterocycles. The van der Waals surface area contributed by atoms with Crippen molar-refractivity contribution in [2.24, 2.45) is 5.41 Å². The molecular formula is C13H22N2O2. The van der Waals surface area contributed by atoms with E-state index in [0.29, 0.717) is 0 Å². The Morgan fingerprint density at radius 3 is 3.00 bits per heavy atom. The van der Waals surface area contributed by atoms with Gasteiger partial charge in [-0.1, -0.05) is 0 Å². The molecule has 1 atom stereocenters. The van der Waals surface area contributed by atoms with Gasteiger partial charge in [-0.25, -0.2) is 0 Å². The number of nitrogens with zero attached hydrogens (tertiary/aromatic N) is 1. The summed E-state index contributed by atoms with van der Waals surface area (Å²) < 4.78 is 10.9. The third kappa shape index (κ3) is 3.31. The van der Waals surface area contributed by atoms with Crippen LogP contribution in [0.1, 0.15) is 12.2 Å². The van der Waals surface area contributed by atoms with Crippen LogP contribution in [0, 0.1) is 5.41 Å². The van der Waals surface area contributed by atoms with Crippen molar-refractivity contribution in [2.45, 2.75) is 13.0 Å². The van der Waals surface area contributed by atoms with E-state index >= 15 is 0 Å². The topological polar surface area (TPSA) is 37.6 Å². The van der Waals surface area contributed by atoms with Crippen molar-refractivity contribution in [3.8, 4) is 0 Å². The van der Waals surface area contributed by atoms with E-state index in [-0.39, 0.29) is 5.41 Å². The van der Waals surface area contributed by atoms with Crippen molar-refractivity contribution in [3.63, 3.8) is 0 Å². The number of rotatable bonds is 6. The van der Waals surface area contributed by atoms with Crippen molar-refractivity contribution in [2.75, 3.05) is 40.4 Å². The average molecular weight is 238 g/mol. The fraction of sp³-hybridized carbons (Fsp3) is 0.692. The van der Waals surface area contributed by atoms with Crippen molar-refractivity contribution in [1.29, 1.82) is 0 Å². The van der Waals surface area contributed by atoms with E-state index in [4.69, 9.17) is 9.15 Å². The van der Waals surface area contributed by atoms with Gasteiger partial charge in [0.1, 0.15) is 5.76 Å². The summed E-state index contributed by atoms with van der Waals surface area (Å²) in [7, 11) is 4.14. The molecule has 0 radical (unpaired) electrons. The Kier molecular flexibility index (Phi) is 4.20. The lowest BCUT2D eigenvalue weighted by Gasteiger charge is -2.31. The molecule has 1 aliphatic heterocycles. The molecular weight excluding hydrogens is 216 g/mol. The zero-order valence-electron chi connectivity index (χ0n) is 10.7. The Bertz CT molecular complexity index is 318. The van der Waals surface area contributed by atoms with Gasteiger partial charge in [-0.3, -0.25) is 4.90 Å². The Morgan fingerprint density at radius 2 is 2.41 bits per heavy atom. The second-order valence-corrected chi connectivity index (χ2v) is 5.08. The molecule has 1 aromatic rings. The molecule has 0 aliphatic carbocycles.